The predicted molar refractivity (Wildman–Crippen MR) is 160 cm³/mol. The van der Waals surface area contributed by atoms with E-state index >= 15 is 0 Å². The zero-order valence-corrected chi connectivity index (χ0v) is 22.2. The van der Waals surface area contributed by atoms with Crippen molar-refractivity contribution >= 4 is 45.4 Å². The minimum absolute atomic E-state index is 0.0646. The van der Waals surface area contributed by atoms with Gasteiger partial charge in [-0.15, -0.1) is 0 Å². The zero-order chi connectivity index (χ0) is 29.6. The van der Waals surface area contributed by atoms with Gasteiger partial charge in [-0.25, -0.2) is 0 Å². The predicted octanol–water partition coefficient (Wildman–Crippen LogP) is 6.12. The molecule has 1 aromatic heterocycles. The third kappa shape index (κ3) is 4.06. The fraction of sp³-hybridized carbons (Fsp3) is 0.0323. The number of benzene rings is 4. The summed E-state index contributed by atoms with van der Waals surface area (Å²) in [7, 11) is 0. The highest BCUT2D eigenvalue weighted by Crippen LogP contribution is 2.49. The fourth-order valence-corrected chi connectivity index (χ4v) is 6.05. The van der Waals surface area contributed by atoms with Gasteiger partial charge >= 0.3 is 6.35 Å². The first-order valence-corrected chi connectivity index (χ1v) is 13.0. The Hall–Kier alpha value is -5.84. The molecule has 0 N–H and O–H groups in total. The van der Waals surface area contributed by atoms with Gasteiger partial charge in [0.2, 0.25) is 5.76 Å². The number of rotatable bonds is 7. The molecule has 0 fully saturated rings. The monoisotopic (exact) mass is 559 g/mol. The topological polar surface area (TPSA) is 132 Å². The number of nitro benzene ring substituents is 3. The molecule has 1 aliphatic heterocycles. The van der Waals surface area contributed by atoms with Crippen molar-refractivity contribution in [1.82, 2.24) is 0 Å². The molecule has 2 heterocycles. The van der Waals surface area contributed by atoms with E-state index < -0.39 is 21.1 Å². The molecular weight excluding hydrogens is 537 g/mol. The Balaban J connectivity index is 1.76. The van der Waals surface area contributed by atoms with E-state index in [1.807, 2.05) is 49.6 Å². The van der Waals surface area contributed by atoms with Gasteiger partial charge in [0.05, 0.1) is 14.8 Å². The number of fused-ring (bicyclic) bond motifs is 1. The highest BCUT2D eigenvalue weighted by Gasteiger charge is 2.53. The van der Waals surface area contributed by atoms with Crippen LogP contribution in [0.25, 0.3) is 11.0 Å². The summed E-state index contributed by atoms with van der Waals surface area (Å²) >= 11 is 0. The Morgan fingerprint density at radius 3 is 1.45 bits per heavy atom. The fourth-order valence-electron chi connectivity index (χ4n) is 6.05. The Morgan fingerprint density at radius 2 is 1.00 bits per heavy atom. The number of furan rings is 1. The second kappa shape index (κ2) is 9.97. The van der Waals surface area contributed by atoms with Gasteiger partial charge in [-0.2, -0.15) is 0 Å². The Bertz CT molecular complexity index is 1840. The van der Waals surface area contributed by atoms with Gasteiger partial charge in [-0.1, -0.05) is 82.6 Å². The van der Waals surface area contributed by atoms with Crippen molar-refractivity contribution in [3.8, 4) is 0 Å². The molecule has 206 valence electrons. The van der Waals surface area contributed by atoms with Crippen LogP contribution < -0.4 is 10.9 Å². The van der Waals surface area contributed by atoms with Gasteiger partial charge in [-0.05, 0) is 18.1 Å². The molecule has 1 aliphatic rings. The van der Waals surface area contributed by atoms with Crippen LogP contribution in [0.4, 0.5) is 17.1 Å². The average molecular weight is 559 g/mol. The van der Waals surface area contributed by atoms with Crippen molar-refractivity contribution in [2.24, 2.45) is 0 Å². The first kappa shape index (κ1) is 26.4. The molecule has 42 heavy (non-hydrogen) atoms. The van der Waals surface area contributed by atoms with Gasteiger partial charge in [0.1, 0.15) is 0 Å². The van der Waals surface area contributed by atoms with Crippen molar-refractivity contribution < 1.29 is 18.7 Å². The zero-order valence-electron chi connectivity index (χ0n) is 22.2. The lowest BCUT2D eigenvalue weighted by Crippen LogP contribution is -2.59. The number of nitro groups is 3. The molecule has 0 saturated heterocycles. The average Bonchev–Trinajstić information content (AvgIpc) is 3.58. The van der Waals surface area contributed by atoms with E-state index in [1.54, 1.807) is 36.4 Å². The van der Waals surface area contributed by atoms with Crippen molar-refractivity contribution in [3.63, 3.8) is 0 Å². The number of aryl methyl sites for hydroxylation is 1. The smallest absolute Gasteiger partial charge is 0.421 e. The van der Waals surface area contributed by atoms with Gasteiger partial charge in [0.15, 0.2) is 6.26 Å². The number of nitrogens with zero attached hydrogens (tertiary/aromatic N) is 3. The van der Waals surface area contributed by atoms with E-state index in [9.17, 15) is 30.3 Å². The normalized spacial score (nSPS) is 13.5. The van der Waals surface area contributed by atoms with E-state index in [4.69, 9.17) is 0 Å². The van der Waals surface area contributed by atoms with E-state index in [0.717, 1.165) is 27.9 Å². The van der Waals surface area contributed by atoms with Crippen LogP contribution in [0.5, 0.6) is 0 Å². The van der Waals surface area contributed by atoms with Gasteiger partial charge < -0.3 is 3.96 Å². The highest BCUT2D eigenvalue weighted by molar-refractivity contribution is 7.13. The van der Waals surface area contributed by atoms with E-state index in [1.165, 1.54) is 36.4 Å². The molecule has 11 heteroatoms. The van der Waals surface area contributed by atoms with Crippen LogP contribution in [-0.2, 0) is 0 Å². The maximum absolute atomic E-state index is 11.6. The SMILES string of the molecule is Cc1ccc(C2=C(c3ccc([N+](=O)[O-])cc3)[B-](c3ccc([N+](=O)[O-])cc3)(c3ccc([N+](=O)[O-])cc3)[o+]3cccc32)cc1. The third-order valence-corrected chi connectivity index (χ3v) is 7.91. The van der Waals surface area contributed by atoms with E-state index in [2.05, 4.69) is 3.96 Å². The molecule has 0 amide bonds. The first-order chi connectivity index (χ1) is 20.2. The molecular formula is C31H22BN3O7. The van der Waals surface area contributed by atoms with Gasteiger partial charge in [0.25, 0.3) is 17.1 Å². The summed E-state index contributed by atoms with van der Waals surface area (Å²) in [5.41, 5.74) is 5.50. The van der Waals surface area contributed by atoms with Gasteiger partial charge in [0, 0.05) is 54.1 Å². The van der Waals surface area contributed by atoms with Crippen LogP contribution in [0, 0.1) is 37.3 Å². The summed E-state index contributed by atoms with van der Waals surface area (Å²) in [5.74, 6) is 0.795. The Labute approximate surface area is 239 Å². The second-order valence-corrected chi connectivity index (χ2v) is 10.2. The highest BCUT2D eigenvalue weighted by atomic mass is 16.6. The van der Waals surface area contributed by atoms with E-state index in [-0.39, 0.29) is 17.1 Å². The lowest BCUT2D eigenvalue weighted by atomic mass is 9.27. The molecule has 0 unspecified atom stereocenters. The molecule has 0 spiro atoms. The summed E-state index contributed by atoms with van der Waals surface area (Å²) < 4.78 is 3.28. The first-order valence-electron chi connectivity index (χ1n) is 13.0. The molecule has 0 saturated carbocycles. The van der Waals surface area contributed by atoms with Crippen LogP contribution in [0.3, 0.4) is 0 Å². The van der Waals surface area contributed by atoms with Crippen LogP contribution >= 0.6 is 0 Å². The molecule has 0 bridgehead atoms. The van der Waals surface area contributed by atoms with Crippen LogP contribution in [-0.4, -0.2) is 21.1 Å². The lowest BCUT2D eigenvalue weighted by molar-refractivity contribution is -0.385. The number of hydrogen-bond acceptors (Lipinski definition) is 6. The van der Waals surface area contributed by atoms with Crippen LogP contribution in [0.15, 0.2) is 119 Å². The molecule has 10 nitrogen and oxygen atoms in total. The molecule has 6 rings (SSSR count). The summed E-state index contributed by atoms with van der Waals surface area (Å²) in [6.45, 7) is 1.99. The Kier molecular flexibility index (Phi) is 6.26. The summed E-state index contributed by atoms with van der Waals surface area (Å²) in [6, 6.07) is 30.6. The van der Waals surface area contributed by atoms with Crippen LogP contribution in [0.1, 0.15) is 22.5 Å². The minimum atomic E-state index is -2.22. The summed E-state index contributed by atoms with van der Waals surface area (Å²) in [5, 5.41) is 34.6. The van der Waals surface area contributed by atoms with Crippen molar-refractivity contribution in [3.05, 3.63) is 168 Å². The minimum Gasteiger partial charge on any atom is -0.777 e. The standard InChI is InChI=1S/C31H22BN3O7/c1-21-4-6-22(7-5-21)30-29-3-2-20-42(29)32(24-10-16-27(17-11-24)34(38)39,25-12-18-28(19-13-25)35(40)41)31(30)23-8-14-26(15-9-23)33(36)37/h2-20H,1H3. The molecule has 0 radical (unpaired) electrons. The van der Waals surface area contributed by atoms with Crippen molar-refractivity contribution in [1.29, 1.82) is 0 Å². The number of hydrogen-bond donors (Lipinski definition) is 0. The maximum atomic E-state index is 11.6. The second-order valence-electron chi connectivity index (χ2n) is 10.2. The third-order valence-electron chi connectivity index (χ3n) is 7.91. The molecule has 0 atom stereocenters. The summed E-state index contributed by atoms with van der Waals surface area (Å²) in [6.07, 6.45) is -0.371. The maximum Gasteiger partial charge on any atom is 0.421 e. The van der Waals surface area contributed by atoms with Gasteiger partial charge in [-0.3, -0.25) is 30.3 Å². The summed E-state index contributed by atoms with van der Waals surface area (Å²) in [4.78, 5) is 33.2. The van der Waals surface area contributed by atoms with Crippen molar-refractivity contribution in [2.75, 3.05) is 0 Å². The van der Waals surface area contributed by atoms with E-state index in [0.29, 0.717) is 16.5 Å². The largest absolute Gasteiger partial charge is 0.777 e. The van der Waals surface area contributed by atoms with Crippen LogP contribution in [0.2, 0.25) is 0 Å². The lowest BCUT2D eigenvalue weighted by Gasteiger charge is -2.38. The van der Waals surface area contributed by atoms with Crippen molar-refractivity contribution in [2.45, 2.75) is 6.92 Å². The molecule has 5 aromatic rings. The number of non-ortho nitro benzene ring substituents is 3. The molecule has 0 aliphatic carbocycles. The quantitative estimate of drug-likeness (QED) is 0.102. The Morgan fingerprint density at radius 1 is 0.571 bits per heavy atom. The molecule has 4 aromatic carbocycles.